The summed E-state index contributed by atoms with van der Waals surface area (Å²) in [7, 11) is 0. The third kappa shape index (κ3) is 6.08. The lowest BCUT2D eigenvalue weighted by molar-refractivity contribution is -0.384. The van der Waals surface area contributed by atoms with E-state index in [1.807, 2.05) is 0 Å². The number of rotatable bonds is 8. The molecule has 1 N–H and O–H groups in total. The highest BCUT2D eigenvalue weighted by molar-refractivity contribution is 5.79. The summed E-state index contributed by atoms with van der Waals surface area (Å²) in [6.45, 7) is 2.13. The normalized spacial score (nSPS) is 10.7. The Morgan fingerprint density at radius 1 is 1.35 bits per heavy atom. The summed E-state index contributed by atoms with van der Waals surface area (Å²) >= 11 is 0. The monoisotopic (exact) mass is 277 g/mol. The van der Waals surface area contributed by atoms with Crippen LogP contribution >= 0.6 is 0 Å². The number of hydrazone groups is 1. The summed E-state index contributed by atoms with van der Waals surface area (Å²) in [4.78, 5) is 21.6. The molecule has 20 heavy (non-hydrogen) atoms. The van der Waals surface area contributed by atoms with Crippen molar-refractivity contribution in [1.82, 2.24) is 5.43 Å². The number of nitro benzene ring substituents is 1. The number of carbonyl (C=O) groups excluding carboxylic acids is 1. The number of nitrogens with zero attached hydrogens (tertiary/aromatic N) is 2. The highest BCUT2D eigenvalue weighted by Gasteiger charge is 2.06. The first-order valence-corrected chi connectivity index (χ1v) is 6.67. The molecule has 6 heteroatoms. The number of hydrogen-bond acceptors (Lipinski definition) is 4. The second kappa shape index (κ2) is 8.79. The standard InChI is InChI=1S/C14H19N3O3/c1-2-3-4-5-10-15-16-14(18)11-12-6-8-13(9-7-12)17(19)20/h6-10H,2-5,11H2,1H3,(H,16,18). The van der Waals surface area contributed by atoms with Gasteiger partial charge in [0.2, 0.25) is 5.91 Å². The zero-order valence-electron chi connectivity index (χ0n) is 11.5. The van der Waals surface area contributed by atoms with E-state index in [9.17, 15) is 14.9 Å². The SMILES string of the molecule is CCCCCC=NNC(=O)Cc1ccc([N+](=O)[O-])cc1. The smallest absolute Gasteiger partial charge is 0.269 e. The van der Waals surface area contributed by atoms with Gasteiger partial charge < -0.3 is 0 Å². The molecule has 6 nitrogen and oxygen atoms in total. The fraction of sp³-hybridized carbons (Fsp3) is 0.429. The first-order chi connectivity index (χ1) is 9.63. The van der Waals surface area contributed by atoms with Gasteiger partial charge in [-0.05, 0) is 18.4 Å². The van der Waals surface area contributed by atoms with Gasteiger partial charge in [-0.25, -0.2) is 5.43 Å². The summed E-state index contributed by atoms with van der Waals surface area (Å²) in [6.07, 6.45) is 6.08. The number of benzene rings is 1. The molecule has 0 spiro atoms. The zero-order valence-corrected chi connectivity index (χ0v) is 11.5. The van der Waals surface area contributed by atoms with Crippen LogP contribution in [0.3, 0.4) is 0 Å². The molecule has 0 aliphatic carbocycles. The second-order valence-electron chi connectivity index (χ2n) is 4.44. The topological polar surface area (TPSA) is 84.6 Å². The van der Waals surface area contributed by atoms with Gasteiger partial charge in [-0.2, -0.15) is 5.10 Å². The number of nitro groups is 1. The Labute approximate surface area is 118 Å². The Bertz CT molecular complexity index is 469. The molecule has 0 fully saturated rings. The molecule has 0 saturated heterocycles. The van der Waals surface area contributed by atoms with Gasteiger partial charge in [0, 0.05) is 18.3 Å². The van der Waals surface area contributed by atoms with Crippen LogP contribution in [0.1, 0.15) is 38.2 Å². The van der Waals surface area contributed by atoms with Crippen LogP contribution in [0.4, 0.5) is 5.69 Å². The van der Waals surface area contributed by atoms with Crippen molar-refractivity contribution in [3.05, 3.63) is 39.9 Å². The first-order valence-electron chi connectivity index (χ1n) is 6.67. The van der Waals surface area contributed by atoms with E-state index in [1.165, 1.54) is 12.1 Å². The maximum Gasteiger partial charge on any atom is 0.269 e. The minimum absolute atomic E-state index is 0.0168. The van der Waals surface area contributed by atoms with Gasteiger partial charge in [-0.1, -0.05) is 31.9 Å². The van der Waals surface area contributed by atoms with Crippen molar-refractivity contribution in [1.29, 1.82) is 0 Å². The van der Waals surface area contributed by atoms with Crippen LogP contribution in [0.5, 0.6) is 0 Å². The molecule has 0 atom stereocenters. The Hall–Kier alpha value is -2.24. The largest absolute Gasteiger partial charge is 0.273 e. The number of carbonyl (C=O) groups is 1. The summed E-state index contributed by atoms with van der Waals surface area (Å²) in [5.74, 6) is -0.231. The van der Waals surface area contributed by atoms with Gasteiger partial charge >= 0.3 is 0 Å². The molecule has 0 saturated carbocycles. The summed E-state index contributed by atoms with van der Waals surface area (Å²) in [5.41, 5.74) is 3.18. The molecule has 1 aromatic carbocycles. The van der Waals surface area contributed by atoms with E-state index >= 15 is 0 Å². The third-order valence-electron chi connectivity index (χ3n) is 2.73. The summed E-state index contributed by atoms with van der Waals surface area (Å²) in [5, 5.41) is 14.3. The first kappa shape index (κ1) is 15.8. The van der Waals surface area contributed by atoms with E-state index in [2.05, 4.69) is 17.5 Å². The van der Waals surface area contributed by atoms with Crippen LogP contribution < -0.4 is 5.43 Å². The molecule has 1 rings (SSSR count). The molecule has 1 amide bonds. The number of unbranched alkanes of at least 4 members (excludes halogenated alkanes) is 3. The van der Waals surface area contributed by atoms with Gasteiger partial charge in [-0.15, -0.1) is 0 Å². The van der Waals surface area contributed by atoms with E-state index < -0.39 is 4.92 Å². The molecular weight excluding hydrogens is 258 g/mol. The maximum atomic E-state index is 11.6. The molecule has 0 heterocycles. The highest BCUT2D eigenvalue weighted by Crippen LogP contribution is 2.12. The van der Waals surface area contributed by atoms with Crippen LogP contribution in [-0.4, -0.2) is 17.0 Å². The van der Waals surface area contributed by atoms with Crippen molar-refractivity contribution in [3.63, 3.8) is 0 Å². The van der Waals surface area contributed by atoms with Crippen LogP contribution in [0.25, 0.3) is 0 Å². The molecule has 0 aliphatic rings. The van der Waals surface area contributed by atoms with E-state index in [4.69, 9.17) is 0 Å². The number of hydrogen-bond donors (Lipinski definition) is 1. The van der Waals surface area contributed by atoms with E-state index in [0.29, 0.717) is 5.56 Å². The predicted molar refractivity (Wildman–Crippen MR) is 77.6 cm³/mol. The molecule has 0 radical (unpaired) electrons. The zero-order chi connectivity index (χ0) is 14.8. The number of non-ortho nitro benzene ring substituents is 1. The highest BCUT2D eigenvalue weighted by atomic mass is 16.6. The second-order valence-corrected chi connectivity index (χ2v) is 4.44. The van der Waals surface area contributed by atoms with Crippen molar-refractivity contribution in [2.45, 2.75) is 39.0 Å². The molecule has 1 aromatic rings. The Morgan fingerprint density at radius 2 is 2.05 bits per heavy atom. The van der Waals surface area contributed by atoms with Crippen molar-refractivity contribution in [2.24, 2.45) is 5.10 Å². The molecule has 0 bridgehead atoms. The van der Waals surface area contributed by atoms with Crippen LogP contribution in [0.2, 0.25) is 0 Å². The quantitative estimate of drug-likeness (QED) is 0.343. The lowest BCUT2D eigenvalue weighted by Gasteiger charge is -2.00. The van der Waals surface area contributed by atoms with Crippen molar-refractivity contribution in [2.75, 3.05) is 0 Å². The van der Waals surface area contributed by atoms with E-state index in [0.717, 1.165) is 25.7 Å². The average Bonchev–Trinajstić information content (AvgIpc) is 2.43. The van der Waals surface area contributed by atoms with Gasteiger partial charge in [0.1, 0.15) is 0 Å². The summed E-state index contributed by atoms with van der Waals surface area (Å²) < 4.78 is 0. The number of nitrogens with one attached hydrogen (secondary N) is 1. The fourth-order valence-corrected chi connectivity index (χ4v) is 1.63. The van der Waals surface area contributed by atoms with Gasteiger partial charge in [-0.3, -0.25) is 14.9 Å². The maximum absolute atomic E-state index is 11.6. The molecule has 0 aromatic heterocycles. The number of amides is 1. The fourth-order valence-electron chi connectivity index (χ4n) is 1.63. The van der Waals surface area contributed by atoms with Crippen LogP contribution in [-0.2, 0) is 11.2 Å². The Morgan fingerprint density at radius 3 is 2.65 bits per heavy atom. The van der Waals surface area contributed by atoms with Gasteiger partial charge in [0.05, 0.1) is 11.3 Å². The van der Waals surface area contributed by atoms with Crippen LogP contribution in [0, 0.1) is 10.1 Å². The lowest BCUT2D eigenvalue weighted by Crippen LogP contribution is -2.19. The predicted octanol–water partition coefficient (Wildman–Crippen LogP) is 2.82. The lowest BCUT2D eigenvalue weighted by atomic mass is 10.1. The minimum atomic E-state index is -0.468. The Kier molecular flexibility index (Phi) is 6.95. The Balaban J connectivity index is 2.33. The molecule has 0 unspecified atom stereocenters. The van der Waals surface area contributed by atoms with Crippen LogP contribution in [0.15, 0.2) is 29.4 Å². The van der Waals surface area contributed by atoms with E-state index in [-0.39, 0.29) is 18.0 Å². The van der Waals surface area contributed by atoms with Gasteiger partial charge in [0.15, 0.2) is 0 Å². The third-order valence-corrected chi connectivity index (χ3v) is 2.73. The molecular formula is C14H19N3O3. The van der Waals surface area contributed by atoms with Gasteiger partial charge in [0.25, 0.3) is 5.69 Å². The van der Waals surface area contributed by atoms with Crippen molar-refractivity contribution in [3.8, 4) is 0 Å². The van der Waals surface area contributed by atoms with E-state index in [1.54, 1.807) is 18.3 Å². The van der Waals surface area contributed by atoms with Crippen molar-refractivity contribution < 1.29 is 9.72 Å². The molecule has 0 aliphatic heterocycles. The average molecular weight is 277 g/mol. The summed E-state index contributed by atoms with van der Waals surface area (Å²) in [6, 6.07) is 5.92. The minimum Gasteiger partial charge on any atom is -0.273 e. The van der Waals surface area contributed by atoms with Crippen molar-refractivity contribution >= 4 is 17.8 Å². The molecule has 108 valence electrons.